The summed E-state index contributed by atoms with van der Waals surface area (Å²) in [6, 6.07) is 2.01. The molecule has 1 saturated heterocycles. The molecule has 0 unspecified atom stereocenters. The summed E-state index contributed by atoms with van der Waals surface area (Å²) in [6.07, 6.45) is 0. The highest BCUT2D eigenvalue weighted by Gasteiger charge is 2.17. The molecule has 1 N–H and O–H groups in total. The largest absolute Gasteiger partial charge is 0.351 e. The summed E-state index contributed by atoms with van der Waals surface area (Å²) in [5, 5.41) is 2.66. The smallest absolute Gasteiger partial charge is 0.254 e. The Hall–Kier alpha value is -1.53. The first kappa shape index (κ1) is 16.8. The average molecular weight is 311 g/mol. The van der Waals surface area contributed by atoms with E-state index >= 15 is 0 Å². The van der Waals surface area contributed by atoms with E-state index in [1.165, 1.54) is 6.92 Å². The van der Waals surface area contributed by atoms with Gasteiger partial charge in [0.2, 0.25) is 0 Å². The van der Waals surface area contributed by atoms with E-state index in [1.54, 1.807) is 0 Å². The molecule has 22 heavy (non-hydrogen) atoms. The average Bonchev–Trinajstić information content (AvgIpc) is 2.51. The van der Waals surface area contributed by atoms with Gasteiger partial charge in [-0.3, -0.25) is 9.69 Å². The van der Waals surface area contributed by atoms with Crippen LogP contribution in [0.5, 0.6) is 0 Å². The summed E-state index contributed by atoms with van der Waals surface area (Å²) in [4.78, 5) is 16.6. The van der Waals surface area contributed by atoms with E-state index < -0.39 is 17.5 Å². The van der Waals surface area contributed by atoms with Crippen LogP contribution in [0, 0.1) is 18.6 Å². The third-order valence-corrected chi connectivity index (χ3v) is 4.12. The van der Waals surface area contributed by atoms with Crippen LogP contribution < -0.4 is 5.32 Å². The zero-order valence-corrected chi connectivity index (χ0v) is 13.2. The lowest BCUT2D eigenvalue weighted by atomic mass is 10.1. The van der Waals surface area contributed by atoms with Gasteiger partial charge in [0.25, 0.3) is 5.91 Å². The van der Waals surface area contributed by atoms with Gasteiger partial charge in [-0.05, 0) is 31.2 Å². The van der Waals surface area contributed by atoms with Crippen LogP contribution in [0.1, 0.15) is 22.8 Å². The number of benzene rings is 1. The molecule has 6 heteroatoms. The number of nitrogens with zero attached hydrogens (tertiary/aromatic N) is 2. The zero-order valence-electron chi connectivity index (χ0n) is 13.2. The molecule has 2 rings (SSSR count). The lowest BCUT2D eigenvalue weighted by molar-refractivity contribution is 0.0933. The predicted molar refractivity (Wildman–Crippen MR) is 82.0 cm³/mol. The Labute approximate surface area is 130 Å². The number of aryl methyl sites for hydroxylation is 1. The number of rotatable bonds is 5. The maximum Gasteiger partial charge on any atom is 0.254 e. The van der Waals surface area contributed by atoms with Crippen LogP contribution in [0.15, 0.2) is 12.1 Å². The van der Waals surface area contributed by atoms with Crippen molar-refractivity contribution in [2.45, 2.75) is 13.8 Å². The number of carbonyl (C=O) groups excluding carboxylic acids is 1. The van der Waals surface area contributed by atoms with Crippen LogP contribution in [0.3, 0.4) is 0 Å². The van der Waals surface area contributed by atoms with Crippen molar-refractivity contribution >= 4 is 5.91 Å². The van der Waals surface area contributed by atoms with Gasteiger partial charge in [0, 0.05) is 39.3 Å². The monoisotopic (exact) mass is 311 g/mol. The molecule has 4 nitrogen and oxygen atoms in total. The van der Waals surface area contributed by atoms with Gasteiger partial charge in [0.15, 0.2) is 0 Å². The normalized spacial score (nSPS) is 16.7. The minimum atomic E-state index is -0.687. The summed E-state index contributed by atoms with van der Waals surface area (Å²) in [7, 11) is 0. The van der Waals surface area contributed by atoms with E-state index in [2.05, 4.69) is 22.0 Å². The SMILES string of the molecule is CCN1CCN(CCNC(=O)c2cc(F)c(C)cc2F)CC1. The molecule has 1 aliphatic heterocycles. The first-order valence-electron chi connectivity index (χ1n) is 7.69. The minimum Gasteiger partial charge on any atom is -0.351 e. The van der Waals surface area contributed by atoms with Crippen molar-refractivity contribution in [1.82, 2.24) is 15.1 Å². The van der Waals surface area contributed by atoms with Gasteiger partial charge < -0.3 is 10.2 Å². The standard InChI is InChI=1S/C16H23F2N3O/c1-3-20-6-8-21(9-7-20)5-4-19-16(22)13-11-14(17)12(2)10-15(13)18/h10-11H,3-9H2,1-2H3,(H,19,22). The van der Waals surface area contributed by atoms with Gasteiger partial charge in [-0.2, -0.15) is 0 Å². The van der Waals surface area contributed by atoms with Crippen LogP contribution in [0.2, 0.25) is 0 Å². The first-order chi connectivity index (χ1) is 10.5. The Morgan fingerprint density at radius 1 is 1.14 bits per heavy atom. The number of hydrogen-bond donors (Lipinski definition) is 1. The van der Waals surface area contributed by atoms with E-state index in [4.69, 9.17) is 0 Å². The second-order valence-electron chi connectivity index (χ2n) is 5.61. The van der Waals surface area contributed by atoms with Crippen molar-refractivity contribution in [3.8, 4) is 0 Å². The first-order valence-corrected chi connectivity index (χ1v) is 7.69. The molecule has 0 aromatic heterocycles. The van der Waals surface area contributed by atoms with Crippen molar-refractivity contribution in [1.29, 1.82) is 0 Å². The Kier molecular flexibility index (Phi) is 5.85. The fourth-order valence-electron chi connectivity index (χ4n) is 2.57. The number of halogens is 2. The molecular formula is C16H23F2N3O. The van der Waals surface area contributed by atoms with E-state index in [0.29, 0.717) is 6.54 Å². The second kappa shape index (κ2) is 7.65. The predicted octanol–water partition coefficient (Wildman–Crippen LogP) is 1.64. The Balaban J connectivity index is 1.80. The fourth-order valence-corrected chi connectivity index (χ4v) is 2.57. The second-order valence-corrected chi connectivity index (χ2v) is 5.61. The van der Waals surface area contributed by atoms with E-state index in [1.807, 2.05) is 0 Å². The van der Waals surface area contributed by atoms with Crippen LogP contribution in [0.25, 0.3) is 0 Å². The number of piperazine rings is 1. The van der Waals surface area contributed by atoms with Gasteiger partial charge in [-0.1, -0.05) is 6.92 Å². The number of carbonyl (C=O) groups is 1. The molecule has 1 aliphatic rings. The van der Waals surface area contributed by atoms with Gasteiger partial charge in [-0.25, -0.2) is 8.78 Å². The minimum absolute atomic E-state index is 0.197. The molecule has 0 bridgehead atoms. The van der Waals surface area contributed by atoms with Crippen molar-refractivity contribution in [3.05, 3.63) is 34.9 Å². The van der Waals surface area contributed by atoms with Gasteiger partial charge >= 0.3 is 0 Å². The molecule has 1 aromatic rings. The summed E-state index contributed by atoms with van der Waals surface area (Å²) in [6.45, 7) is 9.82. The van der Waals surface area contributed by atoms with E-state index in [0.717, 1.165) is 51.4 Å². The molecule has 0 aliphatic carbocycles. The topological polar surface area (TPSA) is 35.6 Å². The summed E-state index contributed by atoms with van der Waals surface area (Å²) >= 11 is 0. The van der Waals surface area contributed by atoms with Crippen molar-refractivity contribution in [2.24, 2.45) is 0 Å². The molecule has 0 spiro atoms. The van der Waals surface area contributed by atoms with E-state index in [-0.39, 0.29) is 11.1 Å². The third kappa shape index (κ3) is 4.24. The highest BCUT2D eigenvalue weighted by atomic mass is 19.1. The lowest BCUT2D eigenvalue weighted by Gasteiger charge is -2.33. The van der Waals surface area contributed by atoms with Gasteiger partial charge in [0.05, 0.1) is 5.56 Å². The lowest BCUT2D eigenvalue weighted by Crippen LogP contribution is -2.48. The summed E-state index contributed by atoms with van der Waals surface area (Å²) in [5.74, 6) is -1.82. The van der Waals surface area contributed by atoms with Crippen molar-refractivity contribution in [3.63, 3.8) is 0 Å². The molecule has 0 atom stereocenters. The number of likely N-dealkylation sites (N-methyl/N-ethyl adjacent to an activating group) is 1. The fraction of sp³-hybridized carbons (Fsp3) is 0.562. The van der Waals surface area contributed by atoms with Crippen LogP contribution in [-0.4, -0.2) is 61.5 Å². The maximum absolute atomic E-state index is 13.7. The molecule has 0 radical (unpaired) electrons. The molecule has 0 saturated carbocycles. The van der Waals surface area contributed by atoms with Crippen molar-refractivity contribution in [2.75, 3.05) is 45.8 Å². The number of amides is 1. The molecule has 1 aromatic carbocycles. The van der Waals surface area contributed by atoms with Gasteiger partial charge in [-0.15, -0.1) is 0 Å². The van der Waals surface area contributed by atoms with Gasteiger partial charge in [0.1, 0.15) is 11.6 Å². The Morgan fingerprint density at radius 2 is 1.77 bits per heavy atom. The highest BCUT2D eigenvalue weighted by Crippen LogP contribution is 2.14. The van der Waals surface area contributed by atoms with Crippen molar-refractivity contribution < 1.29 is 13.6 Å². The third-order valence-electron chi connectivity index (χ3n) is 4.12. The zero-order chi connectivity index (χ0) is 16.1. The van der Waals surface area contributed by atoms with E-state index in [9.17, 15) is 13.6 Å². The Morgan fingerprint density at radius 3 is 2.41 bits per heavy atom. The van der Waals surface area contributed by atoms with Crippen LogP contribution in [-0.2, 0) is 0 Å². The molecule has 1 fully saturated rings. The Bertz CT molecular complexity index is 528. The summed E-state index contributed by atoms with van der Waals surface area (Å²) < 4.78 is 27.1. The quantitative estimate of drug-likeness (QED) is 0.898. The maximum atomic E-state index is 13.7. The van der Waals surface area contributed by atoms with Crippen LogP contribution >= 0.6 is 0 Å². The summed E-state index contributed by atoms with van der Waals surface area (Å²) in [5.41, 5.74) is -0.0400. The highest BCUT2D eigenvalue weighted by molar-refractivity contribution is 5.94. The number of nitrogens with one attached hydrogen (secondary N) is 1. The van der Waals surface area contributed by atoms with Crippen LogP contribution in [0.4, 0.5) is 8.78 Å². The molecule has 122 valence electrons. The molecular weight excluding hydrogens is 288 g/mol. The molecule has 1 heterocycles. The molecule has 1 amide bonds. The number of hydrogen-bond acceptors (Lipinski definition) is 3.